The van der Waals surface area contributed by atoms with Crippen LogP contribution in [-0.4, -0.2) is 39.7 Å². The van der Waals surface area contributed by atoms with Crippen LogP contribution >= 0.6 is 15.9 Å². The first-order valence-corrected chi connectivity index (χ1v) is 7.24. The van der Waals surface area contributed by atoms with Gasteiger partial charge in [-0.25, -0.2) is 0 Å². The quantitative estimate of drug-likeness (QED) is 0.906. The lowest BCUT2D eigenvalue weighted by molar-refractivity contribution is 0.0515. The van der Waals surface area contributed by atoms with Gasteiger partial charge in [0.05, 0.1) is 6.61 Å². The fraction of sp³-hybridized carbons (Fsp3) is 0.615. The molecule has 1 aromatic heterocycles. The number of carbonyl (C=O) groups excluding carboxylic acids is 1. The van der Waals surface area contributed by atoms with Crippen LogP contribution in [0, 0.1) is 0 Å². The minimum atomic E-state index is 0.0241. The number of hydrogen-bond acceptors (Lipinski definition) is 2. The van der Waals surface area contributed by atoms with Crippen LogP contribution in [0.1, 0.15) is 36.7 Å². The first-order valence-electron chi connectivity index (χ1n) is 6.45. The molecule has 2 rings (SSSR count). The number of aromatic nitrogens is 1. The van der Waals surface area contributed by atoms with Crippen LogP contribution in [0.3, 0.4) is 0 Å². The van der Waals surface area contributed by atoms with E-state index < -0.39 is 0 Å². The van der Waals surface area contributed by atoms with Gasteiger partial charge in [0.2, 0.25) is 0 Å². The van der Waals surface area contributed by atoms with Gasteiger partial charge in [-0.3, -0.25) is 4.79 Å². The number of hydrogen-bond donors (Lipinski definition) is 1. The van der Waals surface area contributed by atoms with Crippen LogP contribution in [0.5, 0.6) is 0 Å². The van der Waals surface area contributed by atoms with Gasteiger partial charge < -0.3 is 14.6 Å². The molecule has 1 saturated carbocycles. The molecule has 18 heavy (non-hydrogen) atoms. The van der Waals surface area contributed by atoms with Gasteiger partial charge in [-0.05, 0) is 48.2 Å². The molecule has 0 atom stereocenters. The number of nitrogens with zero attached hydrogens (tertiary/aromatic N) is 2. The van der Waals surface area contributed by atoms with Gasteiger partial charge in [0.25, 0.3) is 5.91 Å². The maximum atomic E-state index is 12.5. The lowest BCUT2D eigenvalue weighted by atomic mass is 9.91. The van der Waals surface area contributed by atoms with Crippen molar-refractivity contribution in [2.45, 2.75) is 38.8 Å². The van der Waals surface area contributed by atoms with Gasteiger partial charge >= 0.3 is 0 Å². The largest absolute Gasteiger partial charge is 0.395 e. The zero-order chi connectivity index (χ0) is 13.1. The second-order valence-corrected chi connectivity index (χ2v) is 5.55. The maximum absolute atomic E-state index is 12.5. The van der Waals surface area contributed by atoms with E-state index in [-0.39, 0.29) is 12.5 Å². The standard InChI is InChI=1S/C13H19BrN2O2/c1-2-15-9-10(14)8-12(15)13(18)16(6-7-17)11-4-3-5-11/h8-9,11,17H,2-7H2,1H3. The molecule has 1 fully saturated rings. The summed E-state index contributed by atoms with van der Waals surface area (Å²) in [5, 5.41) is 9.12. The van der Waals surface area contributed by atoms with Crippen LogP contribution < -0.4 is 0 Å². The van der Waals surface area contributed by atoms with Crippen molar-refractivity contribution in [1.29, 1.82) is 0 Å². The first kappa shape index (κ1) is 13.6. The predicted octanol–water partition coefficient (Wildman–Crippen LogP) is 2.26. The Kier molecular flexibility index (Phi) is 4.45. The molecule has 0 saturated heterocycles. The summed E-state index contributed by atoms with van der Waals surface area (Å²) in [7, 11) is 0. The number of aliphatic hydroxyl groups excluding tert-OH is 1. The monoisotopic (exact) mass is 314 g/mol. The molecule has 0 aliphatic heterocycles. The van der Waals surface area contributed by atoms with Crippen molar-refractivity contribution in [2.75, 3.05) is 13.2 Å². The molecule has 0 unspecified atom stereocenters. The zero-order valence-corrected chi connectivity index (χ0v) is 12.2. The molecule has 5 heteroatoms. The first-order chi connectivity index (χ1) is 8.67. The van der Waals surface area contributed by atoms with Gasteiger partial charge in [0.1, 0.15) is 5.69 Å². The van der Waals surface area contributed by atoms with Crippen molar-refractivity contribution in [2.24, 2.45) is 0 Å². The Bertz CT molecular complexity index is 427. The Balaban J connectivity index is 2.20. The minimum Gasteiger partial charge on any atom is -0.395 e. The average Bonchev–Trinajstić information content (AvgIpc) is 2.66. The van der Waals surface area contributed by atoms with E-state index in [9.17, 15) is 4.79 Å². The lowest BCUT2D eigenvalue weighted by Crippen LogP contribution is -2.46. The summed E-state index contributed by atoms with van der Waals surface area (Å²) in [6, 6.07) is 2.16. The Morgan fingerprint density at radius 2 is 2.33 bits per heavy atom. The lowest BCUT2D eigenvalue weighted by Gasteiger charge is -2.37. The second kappa shape index (κ2) is 5.89. The SMILES string of the molecule is CCn1cc(Br)cc1C(=O)N(CCO)C1CCC1. The Labute approximate surface area is 116 Å². The van der Waals surface area contributed by atoms with Gasteiger partial charge in [-0.1, -0.05) is 0 Å². The molecule has 1 aliphatic rings. The normalized spacial score (nSPS) is 15.5. The summed E-state index contributed by atoms with van der Waals surface area (Å²) in [5.74, 6) is 0.0290. The smallest absolute Gasteiger partial charge is 0.270 e. The van der Waals surface area contributed by atoms with Crippen LogP contribution in [0.2, 0.25) is 0 Å². The molecule has 1 amide bonds. The topological polar surface area (TPSA) is 45.5 Å². The minimum absolute atomic E-state index is 0.0241. The van der Waals surface area contributed by atoms with Crippen molar-refractivity contribution >= 4 is 21.8 Å². The van der Waals surface area contributed by atoms with Crippen molar-refractivity contribution in [3.63, 3.8) is 0 Å². The third kappa shape index (κ3) is 2.62. The van der Waals surface area contributed by atoms with Crippen LogP contribution in [0.25, 0.3) is 0 Å². The summed E-state index contributed by atoms with van der Waals surface area (Å²) >= 11 is 3.41. The molecule has 0 bridgehead atoms. The highest BCUT2D eigenvalue weighted by molar-refractivity contribution is 9.10. The van der Waals surface area contributed by atoms with Crippen molar-refractivity contribution in [3.8, 4) is 0 Å². The molecule has 1 aliphatic carbocycles. The summed E-state index contributed by atoms with van der Waals surface area (Å²) in [5.41, 5.74) is 0.699. The summed E-state index contributed by atoms with van der Waals surface area (Å²) in [4.78, 5) is 14.4. The molecule has 0 radical (unpaired) electrons. The Hall–Kier alpha value is -0.810. The summed E-state index contributed by atoms with van der Waals surface area (Å²) < 4.78 is 2.86. The van der Waals surface area contributed by atoms with E-state index in [0.29, 0.717) is 18.3 Å². The molecule has 1 N–H and O–H groups in total. The van der Waals surface area contributed by atoms with E-state index in [4.69, 9.17) is 5.11 Å². The summed E-state index contributed by atoms with van der Waals surface area (Å²) in [6.07, 6.45) is 5.21. The average molecular weight is 315 g/mol. The predicted molar refractivity (Wildman–Crippen MR) is 73.6 cm³/mol. The number of amides is 1. The molecular weight excluding hydrogens is 296 g/mol. The molecule has 1 aromatic rings. The van der Waals surface area contributed by atoms with Crippen LogP contribution in [0.4, 0.5) is 0 Å². The second-order valence-electron chi connectivity index (χ2n) is 4.64. The molecule has 0 spiro atoms. The highest BCUT2D eigenvalue weighted by Crippen LogP contribution is 2.27. The number of halogens is 1. The van der Waals surface area contributed by atoms with Gasteiger partial charge in [-0.15, -0.1) is 0 Å². The van der Waals surface area contributed by atoms with E-state index in [1.54, 1.807) is 0 Å². The van der Waals surface area contributed by atoms with Crippen molar-refractivity contribution in [3.05, 3.63) is 22.4 Å². The maximum Gasteiger partial charge on any atom is 0.270 e. The Morgan fingerprint density at radius 1 is 1.61 bits per heavy atom. The van der Waals surface area contributed by atoms with Gasteiger partial charge in [-0.2, -0.15) is 0 Å². The molecule has 4 nitrogen and oxygen atoms in total. The molecule has 1 heterocycles. The van der Waals surface area contributed by atoms with Gasteiger partial charge in [0, 0.05) is 29.8 Å². The van der Waals surface area contributed by atoms with E-state index in [1.807, 2.05) is 28.7 Å². The number of aliphatic hydroxyl groups is 1. The van der Waals surface area contributed by atoms with Crippen molar-refractivity contribution < 1.29 is 9.90 Å². The van der Waals surface area contributed by atoms with Crippen LogP contribution in [0.15, 0.2) is 16.7 Å². The number of carbonyl (C=O) groups is 1. The van der Waals surface area contributed by atoms with Crippen LogP contribution in [-0.2, 0) is 6.54 Å². The van der Waals surface area contributed by atoms with E-state index in [0.717, 1.165) is 23.9 Å². The van der Waals surface area contributed by atoms with E-state index in [2.05, 4.69) is 15.9 Å². The fourth-order valence-corrected chi connectivity index (χ4v) is 2.78. The fourth-order valence-electron chi connectivity index (χ4n) is 2.32. The van der Waals surface area contributed by atoms with Crippen molar-refractivity contribution in [1.82, 2.24) is 9.47 Å². The molecular formula is C13H19BrN2O2. The third-order valence-corrected chi connectivity index (χ3v) is 3.97. The zero-order valence-electron chi connectivity index (χ0n) is 10.6. The van der Waals surface area contributed by atoms with Gasteiger partial charge in [0.15, 0.2) is 0 Å². The Morgan fingerprint density at radius 3 is 2.83 bits per heavy atom. The summed E-state index contributed by atoms with van der Waals surface area (Å²) in [6.45, 7) is 3.24. The highest BCUT2D eigenvalue weighted by atomic mass is 79.9. The number of aryl methyl sites for hydroxylation is 1. The number of rotatable bonds is 5. The van der Waals surface area contributed by atoms with E-state index in [1.165, 1.54) is 6.42 Å². The molecule has 0 aromatic carbocycles. The highest BCUT2D eigenvalue weighted by Gasteiger charge is 2.30. The third-order valence-electron chi connectivity index (χ3n) is 3.54. The molecule has 100 valence electrons. The van der Waals surface area contributed by atoms with E-state index >= 15 is 0 Å².